The van der Waals surface area contributed by atoms with Crippen LogP contribution in [0.1, 0.15) is 30.8 Å². The lowest BCUT2D eigenvalue weighted by Crippen LogP contribution is -1.97. The molecule has 1 aliphatic carbocycles. The SMILES string of the molecule is O=C1CCCC1=C(c1ccco1)c1ccco1. The molecule has 0 bridgehead atoms. The Hall–Kier alpha value is -2.03. The molecule has 86 valence electrons. The number of hydrogen-bond acceptors (Lipinski definition) is 3. The topological polar surface area (TPSA) is 43.4 Å². The summed E-state index contributed by atoms with van der Waals surface area (Å²) >= 11 is 0. The molecule has 0 spiro atoms. The first kappa shape index (κ1) is 10.1. The van der Waals surface area contributed by atoms with Crippen LogP contribution >= 0.6 is 0 Å². The van der Waals surface area contributed by atoms with Gasteiger partial charge in [0, 0.05) is 12.0 Å². The molecule has 0 saturated heterocycles. The highest BCUT2D eigenvalue weighted by Crippen LogP contribution is 2.34. The van der Waals surface area contributed by atoms with E-state index in [4.69, 9.17) is 8.83 Å². The second kappa shape index (κ2) is 4.09. The van der Waals surface area contributed by atoms with Gasteiger partial charge in [-0.15, -0.1) is 0 Å². The highest BCUT2D eigenvalue weighted by molar-refractivity contribution is 6.06. The third-order valence-corrected chi connectivity index (χ3v) is 3.00. The minimum absolute atomic E-state index is 0.202. The van der Waals surface area contributed by atoms with Crippen LogP contribution in [0.2, 0.25) is 0 Å². The van der Waals surface area contributed by atoms with Crippen molar-refractivity contribution in [3.05, 3.63) is 53.9 Å². The van der Waals surface area contributed by atoms with Gasteiger partial charge >= 0.3 is 0 Å². The normalized spacial score (nSPS) is 15.5. The number of ketones is 1. The van der Waals surface area contributed by atoms with Gasteiger partial charge in [-0.3, -0.25) is 4.79 Å². The molecule has 0 atom stereocenters. The third-order valence-electron chi connectivity index (χ3n) is 3.00. The van der Waals surface area contributed by atoms with Gasteiger partial charge in [-0.05, 0) is 37.1 Å². The predicted molar refractivity (Wildman–Crippen MR) is 62.3 cm³/mol. The van der Waals surface area contributed by atoms with Crippen LogP contribution in [-0.2, 0) is 4.79 Å². The molecule has 1 fully saturated rings. The van der Waals surface area contributed by atoms with Crippen LogP contribution in [0.4, 0.5) is 0 Å². The van der Waals surface area contributed by atoms with Gasteiger partial charge in [-0.1, -0.05) is 0 Å². The average Bonchev–Trinajstić information content (AvgIpc) is 3.04. The Labute approximate surface area is 98.7 Å². The molecule has 2 aromatic heterocycles. The number of rotatable bonds is 2. The second-order valence-corrected chi connectivity index (χ2v) is 4.08. The highest BCUT2D eigenvalue weighted by atomic mass is 16.3. The standard InChI is InChI=1S/C14H12O3/c15-11-5-1-4-10(11)14(12-6-2-8-16-12)13-7-3-9-17-13/h2-3,6-9H,1,4-5H2. The fourth-order valence-electron chi connectivity index (χ4n) is 2.24. The number of furan rings is 2. The lowest BCUT2D eigenvalue weighted by molar-refractivity contribution is -0.114. The van der Waals surface area contributed by atoms with Crippen LogP contribution in [0.25, 0.3) is 5.57 Å². The summed E-state index contributed by atoms with van der Waals surface area (Å²) < 4.78 is 10.8. The molecule has 2 aromatic rings. The van der Waals surface area contributed by atoms with E-state index in [0.717, 1.165) is 24.0 Å². The van der Waals surface area contributed by atoms with Crippen LogP contribution in [0.15, 0.2) is 51.2 Å². The number of hydrogen-bond donors (Lipinski definition) is 0. The van der Waals surface area contributed by atoms with Gasteiger partial charge in [0.05, 0.1) is 18.1 Å². The first-order valence-electron chi connectivity index (χ1n) is 5.70. The Bertz CT molecular complexity index is 508. The molecule has 3 rings (SSSR count). The number of allylic oxidation sites excluding steroid dienone is 1. The first-order valence-corrected chi connectivity index (χ1v) is 5.70. The van der Waals surface area contributed by atoms with Crippen LogP contribution in [0.3, 0.4) is 0 Å². The molecule has 1 saturated carbocycles. The summed E-state index contributed by atoms with van der Waals surface area (Å²) in [7, 11) is 0. The minimum Gasteiger partial charge on any atom is -0.464 e. The van der Waals surface area contributed by atoms with E-state index in [1.165, 1.54) is 0 Å². The molecule has 0 N–H and O–H groups in total. The summed E-state index contributed by atoms with van der Waals surface area (Å²) in [6.45, 7) is 0. The largest absolute Gasteiger partial charge is 0.464 e. The summed E-state index contributed by atoms with van der Waals surface area (Å²) in [5, 5.41) is 0. The average molecular weight is 228 g/mol. The number of carbonyl (C=O) groups excluding carboxylic acids is 1. The van der Waals surface area contributed by atoms with Gasteiger partial charge in [0.25, 0.3) is 0 Å². The minimum atomic E-state index is 0.202. The molecule has 1 aliphatic rings. The van der Waals surface area contributed by atoms with Crippen LogP contribution in [0, 0.1) is 0 Å². The molecule has 2 heterocycles. The number of carbonyl (C=O) groups is 1. The molecule has 3 heteroatoms. The molecule has 3 nitrogen and oxygen atoms in total. The maximum atomic E-state index is 11.9. The summed E-state index contributed by atoms with van der Waals surface area (Å²) in [5.41, 5.74) is 1.64. The van der Waals surface area contributed by atoms with Gasteiger partial charge in [-0.25, -0.2) is 0 Å². The van der Waals surface area contributed by atoms with Crippen molar-refractivity contribution in [3.8, 4) is 0 Å². The molecular formula is C14H12O3. The van der Waals surface area contributed by atoms with Crippen LogP contribution in [-0.4, -0.2) is 5.78 Å². The maximum absolute atomic E-state index is 11.9. The molecule has 0 amide bonds. The van der Waals surface area contributed by atoms with Crippen molar-refractivity contribution in [2.75, 3.05) is 0 Å². The Morgan fingerprint density at radius 1 is 1.00 bits per heavy atom. The smallest absolute Gasteiger partial charge is 0.159 e. The molecule has 17 heavy (non-hydrogen) atoms. The van der Waals surface area contributed by atoms with Gasteiger partial charge in [0.2, 0.25) is 0 Å². The van der Waals surface area contributed by atoms with Crippen molar-refractivity contribution >= 4 is 11.4 Å². The molecule has 0 aliphatic heterocycles. The number of Topliss-reactive ketones (excluding diaryl/α,β-unsaturated/α-hetero) is 1. The molecular weight excluding hydrogens is 216 g/mol. The Morgan fingerprint density at radius 3 is 2.06 bits per heavy atom. The Morgan fingerprint density at radius 2 is 1.65 bits per heavy atom. The van der Waals surface area contributed by atoms with Gasteiger partial charge in [0.15, 0.2) is 5.78 Å². The second-order valence-electron chi connectivity index (χ2n) is 4.08. The van der Waals surface area contributed by atoms with Crippen molar-refractivity contribution in [3.63, 3.8) is 0 Å². The van der Waals surface area contributed by atoms with Crippen molar-refractivity contribution in [1.29, 1.82) is 0 Å². The quantitative estimate of drug-likeness (QED) is 0.739. The van der Waals surface area contributed by atoms with Gasteiger partial charge < -0.3 is 8.83 Å². The predicted octanol–water partition coefficient (Wildman–Crippen LogP) is 3.43. The van der Waals surface area contributed by atoms with E-state index in [0.29, 0.717) is 17.9 Å². The van der Waals surface area contributed by atoms with Crippen LogP contribution < -0.4 is 0 Å². The Balaban J connectivity index is 2.19. The fraction of sp³-hybridized carbons (Fsp3) is 0.214. The summed E-state index contributed by atoms with van der Waals surface area (Å²) in [4.78, 5) is 11.9. The lowest BCUT2D eigenvalue weighted by atomic mass is 10.0. The summed E-state index contributed by atoms with van der Waals surface area (Å²) in [5.74, 6) is 1.60. The van der Waals surface area contributed by atoms with E-state index < -0.39 is 0 Å². The van der Waals surface area contributed by atoms with Gasteiger partial charge in [0.1, 0.15) is 11.5 Å². The van der Waals surface area contributed by atoms with E-state index in [1.807, 2.05) is 24.3 Å². The van der Waals surface area contributed by atoms with Crippen molar-refractivity contribution < 1.29 is 13.6 Å². The zero-order valence-electron chi connectivity index (χ0n) is 9.31. The first-order chi connectivity index (χ1) is 8.36. The third kappa shape index (κ3) is 1.73. The Kier molecular flexibility index (Phi) is 2.44. The van der Waals surface area contributed by atoms with Crippen molar-refractivity contribution in [2.24, 2.45) is 0 Å². The lowest BCUT2D eigenvalue weighted by Gasteiger charge is -2.05. The van der Waals surface area contributed by atoms with Crippen molar-refractivity contribution in [2.45, 2.75) is 19.3 Å². The summed E-state index contributed by atoms with van der Waals surface area (Å²) in [6.07, 6.45) is 5.56. The van der Waals surface area contributed by atoms with E-state index in [9.17, 15) is 4.79 Å². The van der Waals surface area contributed by atoms with Gasteiger partial charge in [-0.2, -0.15) is 0 Å². The zero-order chi connectivity index (χ0) is 11.7. The van der Waals surface area contributed by atoms with E-state index in [1.54, 1.807) is 12.5 Å². The van der Waals surface area contributed by atoms with Crippen LogP contribution in [0.5, 0.6) is 0 Å². The monoisotopic (exact) mass is 228 g/mol. The molecule has 0 radical (unpaired) electrons. The summed E-state index contributed by atoms with van der Waals surface area (Å²) in [6, 6.07) is 7.35. The van der Waals surface area contributed by atoms with E-state index >= 15 is 0 Å². The van der Waals surface area contributed by atoms with E-state index in [2.05, 4.69) is 0 Å². The van der Waals surface area contributed by atoms with Crippen molar-refractivity contribution in [1.82, 2.24) is 0 Å². The van der Waals surface area contributed by atoms with E-state index in [-0.39, 0.29) is 5.78 Å². The molecule has 0 aromatic carbocycles. The highest BCUT2D eigenvalue weighted by Gasteiger charge is 2.25. The maximum Gasteiger partial charge on any atom is 0.159 e. The molecule has 0 unspecified atom stereocenters. The fourth-order valence-corrected chi connectivity index (χ4v) is 2.24. The zero-order valence-corrected chi connectivity index (χ0v) is 9.31.